The lowest BCUT2D eigenvalue weighted by Gasteiger charge is -2.05. The number of hydrogen-bond acceptors (Lipinski definition) is 3. The van der Waals surface area contributed by atoms with Gasteiger partial charge in [-0.1, -0.05) is 12.1 Å². The van der Waals surface area contributed by atoms with E-state index in [1.165, 1.54) is 0 Å². The number of aromatic nitrogens is 2. The monoisotopic (exact) mass is 278 g/mol. The fourth-order valence-corrected chi connectivity index (χ4v) is 2.61. The van der Waals surface area contributed by atoms with Gasteiger partial charge < -0.3 is 4.74 Å². The molecular weight excluding hydrogens is 268 g/mol. The fourth-order valence-electron chi connectivity index (χ4n) is 1.72. The molecule has 0 spiro atoms. The third-order valence-electron chi connectivity index (χ3n) is 2.58. The molecule has 0 saturated carbocycles. The number of rotatable bonds is 4. The Hall–Kier alpha value is -1.52. The van der Waals surface area contributed by atoms with E-state index in [-0.39, 0.29) is 0 Å². The summed E-state index contributed by atoms with van der Waals surface area (Å²) >= 11 is 7.40. The normalized spacial score (nSPS) is 10.9. The molecule has 0 aliphatic carbocycles. The summed E-state index contributed by atoms with van der Waals surface area (Å²) < 4.78 is 7.70. The van der Waals surface area contributed by atoms with Crippen molar-refractivity contribution in [1.29, 1.82) is 0 Å². The molecule has 0 atom stereocenters. The van der Waals surface area contributed by atoms with Gasteiger partial charge in [0.2, 0.25) is 0 Å². The van der Waals surface area contributed by atoms with Crippen LogP contribution in [0.4, 0.5) is 0 Å². The van der Waals surface area contributed by atoms with Gasteiger partial charge in [-0.3, -0.25) is 4.40 Å². The second kappa shape index (κ2) is 5.00. The Balaban J connectivity index is 1.71. The average Bonchev–Trinajstić information content (AvgIpc) is 2.97. The minimum Gasteiger partial charge on any atom is -0.487 e. The highest BCUT2D eigenvalue weighted by Crippen LogP contribution is 2.17. The second-order valence-electron chi connectivity index (χ2n) is 3.89. The number of ether oxygens (including phenoxy) is 1. The Bertz CT molecular complexity index is 633. The highest BCUT2D eigenvalue weighted by molar-refractivity contribution is 7.15. The Morgan fingerprint density at radius 3 is 3.17 bits per heavy atom. The highest BCUT2D eigenvalue weighted by Gasteiger charge is 2.03. The Morgan fingerprint density at radius 1 is 1.39 bits per heavy atom. The van der Waals surface area contributed by atoms with Gasteiger partial charge in [0.15, 0.2) is 4.96 Å². The molecule has 1 aromatic carbocycles. The molecule has 92 valence electrons. The smallest absolute Gasteiger partial charge is 0.193 e. The standard InChI is InChI=1S/C13H11ClN2OS/c14-7-10-2-1-3-12(6-10)17-9-11-8-16-4-5-18-13(16)15-11/h1-6,8H,7,9H2. The molecule has 0 aliphatic rings. The van der Waals surface area contributed by atoms with Crippen molar-refractivity contribution >= 4 is 27.9 Å². The molecule has 3 aromatic rings. The molecule has 18 heavy (non-hydrogen) atoms. The van der Waals surface area contributed by atoms with Gasteiger partial charge in [0.05, 0.1) is 5.69 Å². The molecule has 0 bridgehead atoms. The van der Waals surface area contributed by atoms with Crippen LogP contribution in [0.25, 0.3) is 4.96 Å². The SMILES string of the molecule is ClCc1cccc(OCc2cn3ccsc3n2)c1. The summed E-state index contributed by atoms with van der Waals surface area (Å²) in [6.07, 6.45) is 3.97. The first-order chi connectivity index (χ1) is 8.85. The zero-order valence-corrected chi connectivity index (χ0v) is 11.1. The van der Waals surface area contributed by atoms with Crippen LogP contribution in [0.5, 0.6) is 5.75 Å². The molecule has 0 fully saturated rings. The topological polar surface area (TPSA) is 26.5 Å². The van der Waals surface area contributed by atoms with E-state index in [2.05, 4.69) is 4.98 Å². The molecule has 0 saturated heterocycles. The molecule has 0 aliphatic heterocycles. The van der Waals surface area contributed by atoms with Crippen LogP contribution in [0.3, 0.4) is 0 Å². The maximum atomic E-state index is 5.78. The van der Waals surface area contributed by atoms with Crippen molar-refractivity contribution in [1.82, 2.24) is 9.38 Å². The van der Waals surface area contributed by atoms with Gasteiger partial charge in [-0.25, -0.2) is 4.98 Å². The number of thiazole rings is 1. The van der Waals surface area contributed by atoms with Gasteiger partial charge >= 0.3 is 0 Å². The highest BCUT2D eigenvalue weighted by atomic mass is 35.5. The fraction of sp³-hybridized carbons (Fsp3) is 0.154. The van der Waals surface area contributed by atoms with Gasteiger partial charge in [0.25, 0.3) is 0 Å². The molecular formula is C13H11ClN2OS. The van der Waals surface area contributed by atoms with E-state index in [0.29, 0.717) is 12.5 Å². The lowest BCUT2D eigenvalue weighted by Crippen LogP contribution is -1.95. The number of hydrogen-bond donors (Lipinski definition) is 0. The number of nitrogens with zero attached hydrogens (tertiary/aromatic N) is 2. The minimum absolute atomic E-state index is 0.472. The molecule has 0 N–H and O–H groups in total. The van der Waals surface area contributed by atoms with Crippen molar-refractivity contribution in [3.63, 3.8) is 0 Å². The largest absolute Gasteiger partial charge is 0.487 e. The van der Waals surface area contributed by atoms with E-state index in [0.717, 1.165) is 22.0 Å². The van der Waals surface area contributed by atoms with Crippen LogP contribution >= 0.6 is 22.9 Å². The van der Waals surface area contributed by atoms with Crippen LogP contribution in [-0.4, -0.2) is 9.38 Å². The van der Waals surface area contributed by atoms with Crippen LogP contribution < -0.4 is 4.74 Å². The second-order valence-corrected chi connectivity index (χ2v) is 5.04. The maximum absolute atomic E-state index is 5.78. The van der Waals surface area contributed by atoms with Crippen molar-refractivity contribution < 1.29 is 4.74 Å². The first-order valence-electron chi connectivity index (χ1n) is 5.54. The molecule has 5 heteroatoms. The van der Waals surface area contributed by atoms with Crippen molar-refractivity contribution in [3.8, 4) is 5.75 Å². The predicted octanol–water partition coefficient (Wildman–Crippen LogP) is 3.71. The number of alkyl halides is 1. The van der Waals surface area contributed by atoms with Crippen molar-refractivity contribution in [2.45, 2.75) is 12.5 Å². The predicted molar refractivity (Wildman–Crippen MR) is 73.4 cm³/mol. The van der Waals surface area contributed by atoms with Gasteiger partial charge in [-0.15, -0.1) is 22.9 Å². The summed E-state index contributed by atoms with van der Waals surface area (Å²) in [6, 6.07) is 7.80. The third kappa shape index (κ3) is 2.35. The van der Waals surface area contributed by atoms with E-state index in [9.17, 15) is 0 Å². The quantitative estimate of drug-likeness (QED) is 0.680. The Labute approximate surface area is 114 Å². The molecule has 3 nitrogen and oxygen atoms in total. The molecule has 0 amide bonds. The van der Waals surface area contributed by atoms with Crippen molar-refractivity contribution in [2.75, 3.05) is 0 Å². The van der Waals surface area contributed by atoms with Crippen LogP contribution in [0.2, 0.25) is 0 Å². The van der Waals surface area contributed by atoms with Gasteiger partial charge in [0.1, 0.15) is 12.4 Å². The maximum Gasteiger partial charge on any atom is 0.193 e. The Kier molecular flexibility index (Phi) is 3.21. The number of imidazole rings is 1. The van der Waals surface area contributed by atoms with Gasteiger partial charge in [-0.2, -0.15) is 0 Å². The van der Waals surface area contributed by atoms with E-state index in [1.54, 1.807) is 11.3 Å². The summed E-state index contributed by atoms with van der Waals surface area (Å²) in [5, 5.41) is 2.01. The summed E-state index contributed by atoms with van der Waals surface area (Å²) in [4.78, 5) is 5.45. The zero-order chi connectivity index (χ0) is 12.4. The summed E-state index contributed by atoms with van der Waals surface area (Å²) in [7, 11) is 0. The summed E-state index contributed by atoms with van der Waals surface area (Å²) in [6.45, 7) is 0.472. The average molecular weight is 279 g/mol. The molecule has 2 heterocycles. The molecule has 0 unspecified atom stereocenters. The lowest BCUT2D eigenvalue weighted by molar-refractivity contribution is 0.302. The lowest BCUT2D eigenvalue weighted by atomic mass is 10.2. The van der Waals surface area contributed by atoms with E-state index < -0.39 is 0 Å². The van der Waals surface area contributed by atoms with E-state index in [4.69, 9.17) is 16.3 Å². The van der Waals surface area contributed by atoms with Gasteiger partial charge in [-0.05, 0) is 17.7 Å². The van der Waals surface area contributed by atoms with Crippen LogP contribution in [0, 0.1) is 0 Å². The van der Waals surface area contributed by atoms with E-state index >= 15 is 0 Å². The van der Waals surface area contributed by atoms with Crippen LogP contribution in [0.1, 0.15) is 11.3 Å². The number of benzene rings is 1. The third-order valence-corrected chi connectivity index (χ3v) is 3.66. The molecule has 0 radical (unpaired) electrons. The van der Waals surface area contributed by atoms with Crippen molar-refractivity contribution in [3.05, 3.63) is 53.3 Å². The van der Waals surface area contributed by atoms with Crippen LogP contribution in [0.15, 0.2) is 42.0 Å². The number of fused-ring (bicyclic) bond motifs is 1. The Morgan fingerprint density at radius 2 is 2.33 bits per heavy atom. The van der Waals surface area contributed by atoms with Crippen LogP contribution in [-0.2, 0) is 12.5 Å². The number of halogens is 1. The zero-order valence-electron chi connectivity index (χ0n) is 9.54. The minimum atomic E-state index is 0.472. The molecule has 3 rings (SSSR count). The van der Waals surface area contributed by atoms with Crippen molar-refractivity contribution in [2.24, 2.45) is 0 Å². The summed E-state index contributed by atoms with van der Waals surface area (Å²) in [5.41, 5.74) is 1.98. The first kappa shape index (κ1) is 11.6. The van der Waals surface area contributed by atoms with Gasteiger partial charge in [0, 0.05) is 23.7 Å². The molecule has 2 aromatic heterocycles. The first-order valence-corrected chi connectivity index (χ1v) is 6.95. The van der Waals surface area contributed by atoms with E-state index in [1.807, 2.05) is 46.4 Å². The summed E-state index contributed by atoms with van der Waals surface area (Å²) in [5.74, 6) is 1.32.